The van der Waals surface area contributed by atoms with Crippen molar-refractivity contribution >= 4 is 27.6 Å². The third-order valence-corrected chi connectivity index (χ3v) is 5.23. The number of benzene rings is 1. The molecule has 10 heteroatoms. The van der Waals surface area contributed by atoms with Crippen molar-refractivity contribution in [3.8, 4) is 0 Å². The second-order valence-electron chi connectivity index (χ2n) is 6.36. The summed E-state index contributed by atoms with van der Waals surface area (Å²) in [5, 5.41) is 6.85. The Kier molecular flexibility index (Phi) is 5.14. The molecule has 9 nitrogen and oxygen atoms in total. The average Bonchev–Trinajstić information content (AvgIpc) is 2.92. The lowest BCUT2D eigenvalue weighted by Gasteiger charge is -2.09. The Morgan fingerprint density at radius 1 is 1.04 bits per heavy atom. The molecule has 3 rings (SSSR count). The molecule has 0 atom stereocenters. The summed E-state index contributed by atoms with van der Waals surface area (Å²) >= 11 is 0. The highest BCUT2D eigenvalue weighted by atomic mass is 32.2. The number of hydrogen-bond donors (Lipinski definition) is 2. The first-order chi connectivity index (χ1) is 13.1. The lowest BCUT2D eigenvalue weighted by Crippen LogP contribution is -2.16. The van der Waals surface area contributed by atoms with Gasteiger partial charge in [-0.2, -0.15) is 5.10 Å². The zero-order chi connectivity index (χ0) is 20.5. The van der Waals surface area contributed by atoms with E-state index in [4.69, 9.17) is 0 Å². The molecule has 3 aromatic rings. The molecule has 1 aromatic carbocycles. The van der Waals surface area contributed by atoms with Crippen LogP contribution < -0.4 is 10.0 Å². The lowest BCUT2D eigenvalue weighted by atomic mass is 10.2. The standard InChI is InChI=1S/C18H20N6O3S/c1-11-9-12(2)20-18(19-11)23-28(26,27)15-7-5-14(6-8-15)21-17(25)16-10-24(4)22-13(16)3/h5-10H,1-4H3,(H,21,25)(H,19,20,23). The maximum atomic E-state index is 12.5. The van der Waals surface area contributed by atoms with Gasteiger partial charge in [-0.3, -0.25) is 9.48 Å². The molecule has 0 aliphatic rings. The Balaban J connectivity index is 1.75. The van der Waals surface area contributed by atoms with Crippen molar-refractivity contribution in [1.29, 1.82) is 0 Å². The Bertz CT molecular complexity index is 1120. The van der Waals surface area contributed by atoms with Crippen molar-refractivity contribution in [2.45, 2.75) is 25.7 Å². The van der Waals surface area contributed by atoms with Crippen molar-refractivity contribution in [2.75, 3.05) is 10.0 Å². The first-order valence-corrected chi connectivity index (χ1v) is 9.89. The fourth-order valence-electron chi connectivity index (χ4n) is 2.69. The Morgan fingerprint density at radius 3 is 2.18 bits per heavy atom. The summed E-state index contributed by atoms with van der Waals surface area (Å²) in [5.41, 5.74) is 2.85. The highest BCUT2D eigenvalue weighted by Gasteiger charge is 2.17. The molecule has 28 heavy (non-hydrogen) atoms. The summed E-state index contributed by atoms with van der Waals surface area (Å²) in [7, 11) is -2.12. The molecule has 2 heterocycles. The second kappa shape index (κ2) is 7.39. The number of aromatic nitrogens is 4. The van der Waals surface area contributed by atoms with E-state index < -0.39 is 10.0 Å². The predicted molar refractivity (Wildman–Crippen MR) is 105 cm³/mol. The molecule has 0 fully saturated rings. The number of anilines is 2. The molecule has 0 saturated heterocycles. The fraction of sp³-hybridized carbons (Fsp3) is 0.222. The highest BCUT2D eigenvalue weighted by molar-refractivity contribution is 7.92. The number of carbonyl (C=O) groups is 1. The van der Waals surface area contributed by atoms with Gasteiger partial charge in [-0.15, -0.1) is 0 Å². The molecule has 146 valence electrons. The monoisotopic (exact) mass is 400 g/mol. The van der Waals surface area contributed by atoms with E-state index in [0.29, 0.717) is 28.3 Å². The SMILES string of the molecule is Cc1cc(C)nc(NS(=O)(=O)c2ccc(NC(=O)c3cn(C)nc3C)cc2)n1. The average molecular weight is 400 g/mol. The van der Waals surface area contributed by atoms with Gasteiger partial charge in [0.05, 0.1) is 16.2 Å². The minimum Gasteiger partial charge on any atom is -0.322 e. The van der Waals surface area contributed by atoms with E-state index in [9.17, 15) is 13.2 Å². The number of aryl methyl sites for hydroxylation is 4. The fourth-order valence-corrected chi connectivity index (χ4v) is 3.63. The van der Waals surface area contributed by atoms with E-state index in [-0.39, 0.29) is 16.8 Å². The zero-order valence-corrected chi connectivity index (χ0v) is 16.7. The van der Waals surface area contributed by atoms with Gasteiger partial charge in [-0.25, -0.2) is 23.1 Å². The Labute approximate surface area is 162 Å². The lowest BCUT2D eigenvalue weighted by molar-refractivity contribution is 0.102. The summed E-state index contributed by atoms with van der Waals surface area (Å²) in [6, 6.07) is 7.58. The van der Waals surface area contributed by atoms with Gasteiger partial charge in [-0.1, -0.05) is 0 Å². The van der Waals surface area contributed by atoms with Crippen LogP contribution in [0.1, 0.15) is 27.4 Å². The quantitative estimate of drug-likeness (QED) is 0.678. The van der Waals surface area contributed by atoms with Gasteiger partial charge >= 0.3 is 0 Å². The van der Waals surface area contributed by atoms with Crippen LogP contribution in [0.25, 0.3) is 0 Å². The minimum atomic E-state index is -3.85. The van der Waals surface area contributed by atoms with Gasteiger partial charge in [0.15, 0.2) is 0 Å². The number of nitrogens with zero attached hydrogens (tertiary/aromatic N) is 4. The molecular weight excluding hydrogens is 380 g/mol. The summed E-state index contributed by atoms with van der Waals surface area (Å²) in [6.07, 6.45) is 1.62. The van der Waals surface area contributed by atoms with Crippen molar-refractivity contribution in [1.82, 2.24) is 19.7 Å². The smallest absolute Gasteiger partial charge is 0.264 e. The first-order valence-electron chi connectivity index (χ1n) is 8.41. The molecule has 0 saturated carbocycles. The Morgan fingerprint density at radius 2 is 1.64 bits per heavy atom. The van der Waals surface area contributed by atoms with Crippen LogP contribution in [-0.4, -0.2) is 34.1 Å². The molecular formula is C18H20N6O3S. The molecule has 0 radical (unpaired) electrons. The maximum Gasteiger partial charge on any atom is 0.264 e. The van der Waals surface area contributed by atoms with Crippen molar-refractivity contribution in [3.05, 3.63) is 59.2 Å². The Hall–Kier alpha value is -3.27. The molecule has 0 aliphatic heterocycles. The molecule has 0 aliphatic carbocycles. The van der Waals surface area contributed by atoms with Gasteiger partial charge in [0.1, 0.15) is 0 Å². The predicted octanol–water partition coefficient (Wildman–Crippen LogP) is 2.19. The number of amides is 1. The molecule has 0 bridgehead atoms. The van der Waals surface area contributed by atoms with Crippen LogP contribution in [-0.2, 0) is 17.1 Å². The number of carbonyl (C=O) groups excluding carboxylic acids is 1. The van der Waals surface area contributed by atoms with E-state index in [1.807, 2.05) is 0 Å². The van der Waals surface area contributed by atoms with Crippen molar-refractivity contribution in [3.63, 3.8) is 0 Å². The zero-order valence-electron chi connectivity index (χ0n) is 15.9. The van der Waals surface area contributed by atoms with E-state index in [2.05, 4.69) is 25.1 Å². The van der Waals surface area contributed by atoms with Gasteiger partial charge in [-0.05, 0) is 51.1 Å². The van der Waals surface area contributed by atoms with Crippen LogP contribution in [0.4, 0.5) is 11.6 Å². The van der Waals surface area contributed by atoms with Crippen LogP contribution in [0.3, 0.4) is 0 Å². The van der Waals surface area contributed by atoms with Gasteiger partial charge in [0.2, 0.25) is 5.95 Å². The van der Waals surface area contributed by atoms with Crippen LogP contribution in [0.2, 0.25) is 0 Å². The van der Waals surface area contributed by atoms with Crippen LogP contribution in [0, 0.1) is 20.8 Å². The molecule has 0 spiro atoms. The molecule has 2 N–H and O–H groups in total. The molecule has 0 unspecified atom stereocenters. The third-order valence-electron chi connectivity index (χ3n) is 3.89. The topological polar surface area (TPSA) is 119 Å². The van der Waals surface area contributed by atoms with Crippen LogP contribution in [0.5, 0.6) is 0 Å². The first kappa shape index (κ1) is 19.5. The van der Waals surface area contributed by atoms with Crippen LogP contribution >= 0.6 is 0 Å². The normalized spacial score (nSPS) is 11.3. The summed E-state index contributed by atoms with van der Waals surface area (Å²) < 4.78 is 29.0. The van der Waals surface area contributed by atoms with E-state index in [0.717, 1.165) is 0 Å². The van der Waals surface area contributed by atoms with Gasteiger partial charge in [0.25, 0.3) is 15.9 Å². The number of hydrogen-bond acceptors (Lipinski definition) is 6. The number of rotatable bonds is 5. The highest BCUT2D eigenvalue weighted by Crippen LogP contribution is 2.18. The largest absolute Gasteiger partial charge is 0.322 e. The van der Waals surface area contributed by atoms with Crippen molar-refractivity contribution < 1.29 is 13.2 Å². The van der Waals surface area contributed by atoms with E-state index in [1.54, 1.807) is 44.8 Å². The van der Waals surface area contributed by atoms with Gasteiger partial charge < -0.3 is 5.32 Å². The second-order valence-corrected chi connectivity index (χ2v) is 8.04. The maximum absolute atomic E-state index is 12.5. The number of sulfonamides is 1. The molecule has 2 aromatic heterocycles. The summed E-state index contributed by atoms with van der Waals surface area (Å²) in [6.45, 7) is 5.26. The van der Waals surface area contributed by atoms with E-state index in [1.165, 1.54) is 24.3 Å². The third kappa shape index (κ3) is 4.34. The van der Waals surface area contributed by atoms with Crippen LogP contribution in [0.15, 0.2) is 41.4 Å². The number of nitrogens with one attached hydrogen (secondary N) is 2. The van der Waals surface area contributed by atoms with Gasteiger partial charge in [0, 0.05) is 30.3 Å². The minimum absolute atomic E-state index is 0.0157. The van der Waals surface area contributed by atoms with Crippen molar-refractivity contribution in [2.24, 2.45) is 7.05 Å². The summed E-state index contributed by atoms with van der Waals surface area (Å²) in [5.74, 6) is -0.301. The van der Waals surface area contributed by atoms with E-state index >= 15 is 0 Å². The molecule has 1 amide bonds. The summed E-state index contributed by atoms with van der Waals surface area (Å²) in [4.78, 5) is 20.5.